The fourth-order valence-corrected chi connectivity index (χ4v) is 2.33. The van der Waals surface area contributed by atoms with Gasteiger partial charge in [-0.25, -0.2) is 15.4 Å². The molecule has 0 bridgehead atoms. The summed E-state index contributed by atoms with van der Waals surface area (Å²) >= 11 is 6.09. The zero-order valence-electron chi connectivity index (χ0n) is 13.7. The second kappa shape index (κ2) is 6.26. The highest BCUT2D eigenvalue weighted by Crippen LogP contribution is 2.31. The molecule has 0 saturated heterocycles. The molecule has 2 aromatic carbocycles. The molecule has 2 N–H and O–H groups in total. The van der Waals surface area contributed by atoms with Gasteiger partial charge in [-0.15, -0.1) is 0 Å². The molecule has 124 valence electrons. The van der Waals surface area contributed by atoms with Crippen molar-refractivity contribution in [1.29, 1.82) is 0 Å². The standard InChI is InChI=1S/C18H18ClN3O2/c1-18(2,3)24-22-17-12-9-8-11(19)10-14(12)20-16(21-17)13-6-4-5-7-15(13)23/h4-10,23H,1-3H3,(H,20,21,22). The number of hydrogen-bond donors (Lipinski definition) is 2. The number of benzene rings is 2. The molecular weight excluding hydrogens is 326 g/mol. The number of phenols is 1. The Morgan fingerprint density at radius 2 is 1.83 bits per heavy atom. The van der Waals surface area contributed by atoms with Gasteiger partial charge in [-0.1, -0.05) is 23.7 Å². The molecule has 0 atom stereocenters. The van der Waals surface area contributed by atoms with Gasteiger partial charge in [0.1, 0.15) is 5.75 Å². The summed E-state index contributed by atoms with van der Waals surface area (Å²) in [6.45, 7) is 5.80. The van der Waals surface area contributed by atoms with Crippen molar-refractivity contribution < 1.29 is 9.94 Å². The predicted octanol–water partition coefficient (Wildman–Crippen LogP) is 4.80. The largest absolute Gasteiger partial charge is 0.507 e. The van der Waals surface area contributed by atoms with Gasteiger partial charge in [-0.2, -0.15) is 0 Å². The van der Waals surface area contributed by atoms with Crippen LogP contribution in [0.25, 0.3) is 22.3 Å². The first kappa shape index (κ1) is 16.5. The van der Waals surface area contributed by atoms with Crippen LogP contribution in [-0.4, -0.2) is 20.7 Å². The lowest BCUT2D eigenvalue weighted by Crippen LogP contribution is -2.23. The van der Waals surface area contributed by atoms with Gasteiger partial charge < -0.3 is 5.11 Å². The van der Waals surface area contributed by atoms with Crippen LogP contribution in [0.3, 0.4) is 0 Å². The van der Waals surface area contributed by atoms with E-state index in [9.17, 15) is 5.11 Å². The molecule has 5 nitrogen and oxygen atoms in total. The Balaban J connectivity index is 2.16. The van der Waals surface area contributed by atoms with Crippen LogP contribution < -0.4 is 5.48 Å². The number of hydrogen-bond acceptors (Lipinski definition) is 5. The fourth-order valence-electron chi connectivity index (χ4n) is 2.17. The summed E-state index contributed by atoms with van der Waals surface area (Å²) in [6, 6.07) is 12.3. The van der Waals surface area contributed by atoms with Crippen molar-refractivity contribution in [3.8, 4) is 17.1 Å². The molecule has 1 heterocycles. The van der Waals surface area contributed by atoms with Gasteiger partial charge in [0.05, 0.1) is 16.7 Å². The monoisotopic (exact) mass is 343 g/mol. The maximum Gasteiger partial charge on any atom is 0.165 e. The molecule has 3 rings (SSSR count). The van der Waals surface area contributed by atoms with Crippen LogP contribution in [0.4, 0.5) is 5.82 Å². The quantitative estimate of drug-likeness (QED) is 0.669. The third-order valence-corrected chi connectivity index (χ3v) is 3.49. The van der Waals surface area contributed by atoms with E-state index in [-0.39, 0.29) is 5.75 Å². The third kappa shape index (κ3) is 3.58. The molecular formula is C18H18ClN3O2. The van der Waals surface area contributed by atoms with Crippen molar-refractivity contribution in [2.24, 2.45) is 0 Å². The van der Waals surface area contributed by atoms with Crippen LogP contribution >= 0.6 is 11.6 Å². The number of anilines is 1. The van der Waals surface area contributed by atoms with E-state index in [0.717, 1.165) is 5.39 Å². The first-order chi connectivity index (χ1) is 11.3. The summed E-state index contributed by atoms with van der Waals surface area (Å²) in [5, 5.41) is 11.4. The van der Waals surface area contributed by atoms with Gasteiger partial charge in [-0.3, -0.25) is 4.84 Å². The topological polar surface area (TPSA) is 67.3 Å². The van der Waals surface area contributed by atoms with Gasteiger partial charge in [0, 0.05) is 10.4 Å². The summed E-state index contributed by atoms with van der Waals surface area (Å²) in [6.07, 6.45) is 0. The summed E-state index contributed by atoms with van der Waals surface area (Å²) in [4.78, 5) is 14.7. The van der Waals surface area contributed by atoms with Crippen LogP contribution in [0.1, 0.15) is 20.8 Å². The van der Waals surface area contributed by atoms with Crippen LogP contribution in [0.2, 0.25) is 5.02 Å². The first-order valence-corrected chi connectivity index (χ1v) is 7.91. The number of rotatable bonds is 3. The Labute approximate surface area is 145 Å². The second-order valence-corrected chi connectivity index (χ2v) is 6.83. The molecule has 0 aliphatic rings. The molecule has 1 aromatic heterocycles. The Morgan fingerprint density at radius 3 is 2.54 bits per heavy atom. The highest BCUT2D eigenvalue weighted by atomic mass is 35.5. The number of para-hydroxylation sites is 1. The molecule has 0 radical (unpaired) electrons. The van der Waals surface area contributed by atoms with Gasteiger partial charge in [0.2, 0.25) is 0 Å². The van der Waals surface area contributed by atoms with Gasteiger partial charge in [0.15, 0.2) is 11.6 Å². The van der Waals surface area contributed by atoms with Gasteiger partial charge >= 0.3 is 0 Å². The molecule has 6 heteroatoms. The van der Waals surface area contributed by atoms with E-state index in [1.54, 1.807) is 30.3 Å². The summed E-state index contributed by atoms with van der Waals surface area (Å²) < 4.78 is 0. The number of nitrogens with zero attached hydrogens (tertiary/aromatic N) is 2. The third-order valence-electron chi connectivity index (χ3n) is 3.26. The zero-order valence-corrected chi connectivity index (χ0v) is 14.4. The highest BCUT2D eigenvalue weighted by molar-refractivity contribution is 6.31. The van der Waals surface area contributed by atoms with Crippen LogP contribution in [0.5, 0.6) is 5.75 Å². The van der Waals surface area contributed by atoms with Gasteiger partial charge in [-0.05, 0) is 51.1 Å². The Bertz CT molecular complexity index is 891. The average Bonchev–Trinajstić information content (AvgIpc) is 2.51. The van der Waals surface area contributed by atoms with Crippen molar-refractivity contribution in [2.45, 2.75) is 26.4 Å². The van der Waals surface area contributed by atoms with Crippen molar-refractivity contribution in [2.75, 3.05) is 5.48 Å². The Hall–Kier alpha value is -2.37. The van der Waals surface area contributed by atoms with E-state index in [1.165, 1.54) is 0 Å². The molecule has 0 spiro atoms. The maximum atomic E-state index is 10.1. The number of phenolic OH excluding ortho intramolecular Hbond substituents is 1. The Kier molecular flexibility index (Phi) is 4.30. The number of halogens is 1. The lowest BCUT2D eigenvalue weighted by molar-refractivity contribution is 0.0370. The minimum Gasteiger partial charge on any atom is -0.507 e. The molecule has 24 heavy (non-hydrogen) atoms. The molecule has 0 fully saturated rings. The second-order valence-electron chi connectivity index (χ2n) is 6.39. The van der Waals surface area contributed by atoms with E-state index in [1.807, 2.05) is 32.9 Å². The molecule has 0 unspecified atom stereocenters. The highest BCUT2D eigenvalue weighted by Gasteiger charge is 2.15. The number of fused-ring (bicyclic) bond motifs is 1. The summed E-state index contributed by atoms with van der Waals surface area (Å²) in [5.74, 6) is 1.02. The predicted molar refractivity (Wildman–Crippen MR) is 96.1 cm³/mol. The molecule has 3 aromatic rings. The van der Waals surface area contributed by atoms with E-state index in [2.05, 4.69) is 15.4 Å². The normalized spacial score (nSPS) is 11.7. The van der Waals surface area contributed by atoms with Crippen LogP contribution in [0, 0.1) is 0 Å². The van der Waals surface area contributed by atoms with Crippen molar-refractivity contribution in [3.63, 3.8) is 0 Å². The van der Waals surface area contributed by atoms with Crippen molar-refractivity contribution in [1.82, 2.24) is 9.97 Å². The molecule has 0 saturated carbocycles. The SMILES string of the molecule is CC(C)(C)ONc1nc(-c2ccccc2O)nc2cc(Cl)ccc12. The van der Waals surface area contributed by atoms with Crippen LogP contribution in [0.15, 0.2) is 42.5 Å². The Morgan fingerprint density at radius 1 is 1.08 bits per heavy atom. The minimum absolute atomic E-state index is 0.113. The number of aromatic nitrogens is 2. The van der Waals surface area contributed by atoms with Crippen LogP contribution in [-0.2, 0) is 4.84 Å². The molecule has 0 aliphatic heterocycles. The smallest absolute Gasteiger partial charge is 0.165 e. The summed E-state index contributed by atoms with van der Waals surface area (Å²) in [7, 11) is 0. The number of aromatic hydroxyl groups is 1. The summed E-state index contributed by atoms with van der Waals surface area (Å²) in [5.41, 5.74) is 3.71. The van der Waals surface area contributed by atoms with E-state index in [0.29, 0.717) is 27.7 Å². The van der Waals surface area contributed by atoms with Crippen molar-refractivity contribution >= 4 is 28.3 Å². The number of nitrogens with one attached hydrogen (secondary N) is 1. The first-order valence-electron chi connectivity index (χ1n) is 7.53. The van der Waals surface area contributed by atoms with Crippen molar-refractivity contribution in [3.05, 3.63) is 47.5 Å². The molecule has 0 amide bonds. The lowest BCUT2D eigenvalue weighted by atomic mass is 10.1. The average molecular weight is 344 g/mol. The van der Waals surface area contributed by atoms with E-state index < -0.39 is 5.60 Å². The maximum absolute atomic E-state index is 10.1. The zero-order chi connectivity index (χ0) is 17.3. The lowest BCUT2D eigenvalue weighted by Gasteiger charge is -2.20. The fraction of sp³-hybridized carbons (Fsp3) is 0.222. The van der Waals surface area contributed by atoms with E-state index in [4.69, 9.17) is 16.4 Å². The van der Waals surface area contributed by atoms with E-state index >= 15 is 0 Å². The van der Waals surface area contributed by atoms with Gasteiger partial charge in [0.25, 0.3) is 0 Å². The molecule has 0 aliphatic carbocycles. The minimum atomic E-state index is -0.390.